The van der Waals surface area contributed by atoms with Gasteiger partial charge in [-0.15, -0.1) is 11.8 Å². The van der Waals surface area contributed by atoms with Crippen LogP contribution in [0.15, 0.2) is 36.4 Å². The lowest BCUT2D eigenvalue weighted by Crippen LogP contribution is -2.51. The zero-order valence-electron chi connectivity index (χ0n) is 26.5. The van der Waals surface area contributed by atoms with Gasteiger partial charge in [-0.25, -0.2) is 0 Å². The molecule has 0 saturated carbocycles. The molecule has 0 spiro atoms. The number of ether oxygens (including phenoxy) is 1. The molecule has 1 N–H and O–H groups in total. The lowest BCUT2D eigenvalue weighted by atomic mass is 9.76. The third kappa shape index (κ3) is 8.18. The van der Waals surface area contributed by atoms with Gasteiger partial charge in [0.05, 0.1) is 22.6 Å². The number of hydrogen-bond acceptors (Lipinski definition) is 4. The predicted molar refractivity (Wildman–Crippen MR) is 178 cm³/mol. The average Bonchev–Trinajstić information content (AvgIpc) is 3.40. The second kappa shape index (κ2) is 14.7. The van der Waals surface area contributed by atoms with E-state index in [2.05, 4.69) is 78.9 Å². The summed E-state index contributed by atoms with van der Waals surface area (Å²) in [7, 11) is 0. The molecule has 0 bridgehead atoms. The molecule has 0 aromatic heterocycles. The molecule has 2 aromatic carbocycles. The van der Waals surface area contributed by atoms with E-state index >= 15 is 0 Å². The Morgan fingerprint density at radius 3 is 2.33 bits per heavy atom. The molecular weight excluding hydrogens is 587 g/mol. The Labute approximate surface area is 267 Å². The number of benzene rings is 2. The standard InChI is InChI=1S/C34H48Cl2N2O3S/c1-9-33(5,6)23-13-16-29(26(19-23)34(7,8)10-2)41-18-12-11-17-37-30(39)28-21-42-32(22(3)4)38(28)31(40)25-15-14-24(35)20-27(25)36/h13-16,19-20,22,28,32H,9-12,17-18,21H2,1-8H3,(H,37,39). The fourth-order valence-corrected chi connectivity index (χ4v) is 7.01. The van der Waals surface area contributed by atoms with Crippen molar-refractivity contribution >= 4 is 46.8 Å². The molecule has 1 saturated heterocycles. The van der Waals surface area contributed by atoms with Crippen LogP contribution in [0.25, 0.3) is 0 Å². The zero-order chi connectivity index (χ0) is 31.2. The van der Waals surface area contributed by atoms with Gasteiger partial charge in [-0.2, -0.15) is 0 Å². The minimum Gasteiger partial charge on any atom is -0.493 e. The van der Waals surface area contributed by atoms with E-state index in [1.807, 2.05) is 0 Å². The Balaban J connectivity index is 1.58. The highest BCUT2D eigenvalue weighted by Gasteiger charge is 2.43. The van der Waals surface area contributed by atoms with Crippen molar-refractivity contribution in [3.63, 3.8) is 0 Å². The molecule has 0 radical (unpaired) electrons. The molecular formula is C34H48Cl2N2O3S. The van der Waals surface area contributed by atoms with E-state index in [0.29, 0.717) is 34.5 Å². The van der Waals surface area contributed by atoms with E-state index in [0.717, 1.165) is 31.4 Å². The van der Waals surface area contributed by atoms with Gasteiger partial charge < -0.3 is 15.0 Å². The smallest absolute Gasteiger partial charge is 0.256 e. The summed E-state index contributed by atoms with van der Waals surface area (Å²) in [6.07, 6.45) is 3.69. The number of amides is 2. The lowest BCUT2D eigenvalue weighted by molar-refractivity contribution is -0.124. The lowest BCUT2D eigenvalue weighted by Gasteiger charge is -2.31. The van der Waals surface area contributed by atoms with Gasteiger partial charge in [-0.3, -0.25) is 9.59 Å². The number of unbranched alkanes of at least 4 members (excludes halogenated alkanes) is 1. The molecule has 3 rings (SSSR count). The highest BCUT2D eigenvalue weighted by Crippen LogP contribution is 2.39. The summed E-state index contributed by atoms with van der Waals surface area (Å²) in [5.74, 6) is 1.30. The van der Waals surface area contributed by atoms with E-state index < -0.39 is 6.04 Å². The van der Waals surface area contributed by atoms with Crippen LogP contribution < -0.4 is 10.1 Å². The summed E-state index contributed by atoms with van der Waals surface area (Å²) < 4.78 is 6.30. The van der Waals surface area contributed by atoms with Crippen LogP contribution in [0.2, 0.25) is 10.0 Å². The van der Waals surface area contributed by atoms with Crippen LogP contribution in [-0.4, -0.2) is 47.0 Å². The van der Waals surface area contributed by atoms with Gasteiger partial charge in [0.25, 0.3) is 5.91 Å². The molecule has 8 heteroatoms. The number of carbonyl (C=O) groups is 2. The van der Waals surface area contributed by atoms with Crippen LogP contribution in [0.4, 0.5) is 0 Å². The molecule has 1 aliphatic rings. The van der Waals surface area contributed by atoms with Crippen LogP contribution in [0.3, 0.4) is 0 Å². The minimum atomic E-state index is -0.553. The van der Waals surface area contributed by atoms with Crippen molar-refractivity contribution in [1.29, 1.82) is 0 Å². The SMILES string of the molecule is CCC(C)(C)c1ccc(OCCCCNC(=O)C2CSC(C(C)C)N2C(=O)c2ccc(Cl)cc2Cl)c(C(C)(C)CC)c1. The quantitative estimate of drug-likeness (QED) is 0.224. The number of nitrogens with zero attached hydrogens (tertiary/aromatic N) is 1. The van der Waals surface area contributed by atoms with Crippen LogP contribution in [0.1, 0.15) is 103 Å². The van der Waals surface area contributed by atoms with Crippen LogP contribution >= 0.6 is 35.0 Å². The van der Waals surface area contributed by atoms with Crippen molar-refractivity contribution < 1.29 is 14.3 Å². The van der Waals surface area contributed by atoms with Gasteiger partial charge in [0.1, 0.15) is 11.8 Å². The first-order valence-corrected chi connectivity index (χ1v) is 17.0. The number of rotatable bonds is 13. The summed E-state index contributed by atoms with van der Waals surface area (Å²) in [5.41, 5.74) is 3.08. The molecule has 2 unspecified atom stereocenters. The Morgan fingerprint density at radius 1 is 1.02 bits per heavy atom. The second-order valence-corrected chi connectivity index (χ2v) is 14.8. The van der Waals surface area contributed by atoms with Crippen molar-refractivity contribution in [2.75, 3.05) is 18.9 Å². The fourth-order valence-electron chi connectivity index (χ4n) is 5.04. The van der Waals surface area contributed by atoms with Crippen molar-refractivity contribution in [2.24, 2.45) is 5.92 Å². The third-order valence-electron chi connectivity index (χ3n) is 8.69. The summed E-state index contributed by atoms with van der Waals surface area (Å²) >= 11 is 14.0. The van der Waals surface area contributed by atoms with Crippen molar-refractivity contribution in [3.8, 4) is 5.75 Å². The van der Waals surface area contributed by atoms with Crippen molar-refractivity contribution in [1.82, 2.24) is 10.2 Å². The van der Waals surface area contributed by atoms with Crippen molar-refractivity contribution in [3.05, 3.63) is 63.1 Å². The summed E-state index contributed by atoms with van der Waals surface area (Å²) in [5, 5.41) is 3.71. The van der Waals surface area contributed by atoms with E-state index in [9.17, 15) is 9.59 Å². The molecule has 2 atom stereocenters. The zero-order valence-corrected chi connectivity index (χ0v) is 28.8. The van der Waals surface area contributed by atoms with Gasteiger partial charge in [0, 0.05) is 22.9 Å². The molecule has 42 heavy (non-hydrogen) atoms. The van der Waals surface area contributed by atoms with Gasteiger partial charge in [0.2, 0.25) is 5.91 Å². The second-order valence-electron chi connectivity index (χ2n) is 12.9. The third-order valence-corrected chi connectivity index (χ3v) is 10.9. The summed E-state index contributed by atoms with van der Waals surface area (Å²) in [6.45, 7) is 18.8. The normalized spacial score (nSPS) is 17.5. The van der Waals surface area contributed by atoms with E-state index in [4.69, 9.17) is 27.9 Å². The van der Waals surface area contributed by atoms with Gasteiger partial charge in [-0.1, -0.05) is 90.7 Å². The highest BCUT2D eigenvalue weighted by molar-refractivity contribution is 8.00. The monoisotopic (exact) mass is 634 g/mol. The molecule has 1 aliphatic heterocycles. The first kappa shape index (κ1) is 34.6. The Morgan fingerprint density at radius 2 is 1.71 bits per heavy atom. The van der Waals surface area contributed by atoms with Crippen LogP contribution in [-0.2, 0) is 15.6 Å². The maximum Gasteiger partial charge on any atom is 0.256 e. The Kier molecular flexibility index (Phi) is 12.1. The molecule has 1 fully saturated rings. The number of nitrogens with one attached hydrogen (secondary N) is 1. The minimum absolute atomic E-state index is 0.00975. The summed E-state index contributed by atoms with van der Waals surface area (Å²) in [6, 6.07) is 10.9. The molecule has 2 aromatic rings. The van der Waals surface area contributed by atoms with Gasteiger partial charge in [-0.05, 0) is 72.3 Å². The van der Waals surface area contributed by atoms with Gasteiger partial charge >= 0.3 is 0 Å². The number of carbonyl (C=O) groups excluding carboxylic acids is 2. The number of thioether (sulfide) groups is 1. The Bertz CT molecular complexity index is 1250. The van der Waals surface area contributed by atoms with Crippen LogP contribution in [0, 0.1) is 5.92 Å². The van der Waals surface area contributed by atoms with Gasteiger partial charge in [0.15, 0.2) is 0 Å². The molecule has 232 valence electrons. The molecule has 2 amide bonds. The van der Waals surface area contributed by atoms with Crippen molar-refractivity contribution in [2.45, 2.75) is 103 Å². The van der Waals surface area contributed by atoms with E-state index in [1.54, 1.807) is 34.9 Å². The topological polar surface area (TPSA) is 58.6 Å². The maximum atomic E-state index is 13.6. The summed E-state index contributed by atoms with van der Waals surface area (Å²) in [4.78, 5) is 28.5. The fraction of sp³-hybridized carbons (Fsp3) is 0.588. The Hall–Kier alpha value is -1.89. The highest BCUT2D eigenvalue weighted by atomic mass is 35.5. The first-order valence-electron chi connectivity index (χ1n) is 15.2. The maximum absolute atomic E-state index is 13.6. The average molecular weight is 636 g/mol. The number of hydrogen-bond donors (Lipinski definition) is 1. The predicted octanol–water partition coefficient (Wildman–Crippen LogP) is 8.88. The molecule has 5 nitrogen and oxygen atoms in total. The molecule has 0 aliphatic carbocycles. The number of halogens is 2. The van der Waals surface area contributed by atoms with E-state index in [1.165, 1.54) is 11.1 Å². The molecule has 1 heterocycles. The van der Waals surface area contributed by atoms with E-state index in [-0.39, 0.29) is 33.9 Å². The van der Waals surface area contributed by atoms with Crippen LogP contribution in [0.5, 0.6) is 5.75 Å². The first-order chi connectivity index (χ1) is 19.7. The largest absolute Gasteiger partial charge is 0.493 e.